The van der Waals surface area contributed by atoms with Crippen LogP contribution >= 0.6 is 0 Å². The molecule has 0 radical (unpaired) electrons. The number of sulfonamides is 1. The molecule has 0 aliphatic rings. The largest absolute Gasteiger partial charge is 0.326 e. The van der Waals surface area contributed by atoms with Gasteiger partial charge in [-0.2, -0.15) is 0 Å². The number of nitrogens with two attached hydrogens (primary N) is 1. The smallest absolute Gasteiger partial charge is 0.216 e. The van der Waals surface area contributed by atoms with E-state index in [9.17, 15) is 8.42 Å². The van der Waals surface area contributed by atoms with Crippen LogP contribution < -0.4 is 10.5 Å². The van der Waals surface area contributed by atoms with E-state index in [1.807, 2.05) is 12.1 Å². The predicted molar refractivity (Wildman–Crippen MR) is 65.2 cm³/mol. The van der Waals surface area contributed by atoms with Gasteiger partial charge in [0.2, 0.25) is 10.0 Å². The minimum Gasteiger partial charge on any atom is -0.326 e. The Labute approximate surface area is 96.9 Å². The first-order valence-corrected chi connectivity index (χ1v) is 6.86. The minimum atomic E-state index is -3.23. The first-order chi connectivity index (χ1) is 7.43. The molecule has 3 N–H and O–H groups in total. The predicted octanol–water partition coefficient (Wildman–Crippen LogP) is 0.973. The van der Waals surface area contributed by atoms with Crippen LogP contribution in [0.1, 0.15) is 25.0 Å². The zero-order valence-corrected chi connectivity index (χ0v) is 10.4. The number of hydrogen-bond donors (Lipinski definition) is 2. The van der Waals surface area contributed by atoms with E-state index in [1.165, 1.54) is 0 Å². The Morgan fingerprint density at radius 2 is 1.69 bits per heavy atom. The van der Waals surface area contributed by atoms with Gasteiger partial charge in [-0.05, 0) is 25.0 Å². The Morgan fingerprint density at radius 1 is 1.19 bits per heavy atom. The van der Waals surface area contributed by atoms with E-state index in [1.54, 1.807) is 26.0 Å². The first kappa shape index (κ1) is 13.2. The average Bonchev–Trinajstić information content (AvgIpc) is 2.16. The van der Waals surface area contributed by atoms with Crippen LogP contribution in [-0.4, -0.2) is 14.5 Å². The summed E-state index contributed by atoms with van der Waals surface area (Å²) in [6, 6.07) is 7.21. The zero-order chi connectivity index (χ0) is 12.2. The molecule has 0 unspecified atom stereocenters. The maximum Gasteiger partial charge on any atom is 0.216 e. The van der Waals surface area contributed by atoms with Crippen molar-refractivity contribution in [1.82, 2.24) is 4.72 Å². The van der Waals surface area contributed by atoms with E-state index < -0.39 is 10.0 Å². The van der Waals surface area contributed by atoms with Crippen LogP contribution in [0.25, 0.3) is 0 Å². The molecule has 5 heteroatoms. The Morgan fingerprint density at radius 3 is 2.12 bits per heavy atom. The van der Waals surface area contributed by atoms with Crippen molar-refractivity contribution in [2.24, 2.45) is 5.73 Å². The van der Waals surface area contributed by atoms with Gasteiger partial charge in [-0.25, -0.2) is 13.1 Å². The maximum absolute atomic E-state index is 11.6. The van der Waals surface area contributed by atoms with Crippen molar-refractivity contribution in [2.75, 3.05) is 0 Å². The summed E-state index contributed by atoms with van der Waals surface area (Å²) in [4.78, 5) is 0. The number of benzene rings is 1. The van der Waals surface area contributed by atoms with Gasteiger partial charge in [0.1, 0.15) is 0 Å². The van der Waals surface area contributed by atoms with Crippen LogP contribution in [0.15, 0.2) is 24.3 Å². The van der Waals surface area contributed by atoms with Crippen LogP contribution in [0.3, 0.4) is 0 Å². The number of nitrogens with one attached hydrogen (secondary N) is 1. The molecule has 0 aliphatic carbocycles. The van der Waals surface area contributed by atoms with E-state index in [-0.39, 0.29) is 11.8 Å². The fraction of sp³-hybridized carbons (Fsp3) is 0.455. The molecule has 0 aliphatic heterocycles. The van der Waals surface area contributed by atoms with Gasteiger partial charge in [-0.3, -0.25) is 0 Å². The average molecular weight is 242 g/mol. The first-order valence-electron chi connectivity index (χ1n) is 5.21. The molecule has 0 spiro atoms. The Bertz CT molecular complexity index is 424. The highest BCUT2D eigenvalue weighted by molar-refractivity contribution is 7.88. The molecule has 1 rings (SSSR count). The van der Waals surface area contributed by atoms with Crippen molar-refractivity contribution in [2.45, 2.75) is 32.2 Å². The normalized spacial score (nSPS) is 12.0. The molecule has 16 heavy (non-hydrogen) atoms. The summed E-state index contributed by atoms with van der Waals surface area (Å²) in [6.45, 7) is 4.07. The Balaban J connectivity index is 2.72. The lowest BCUT2D eigenvalue weighted by Gasteiger charge is -2.09. The van der Waals surface area contributed by atoms with Crippen molar-refractivity contribution < 1.29 is 8.42 Å². The van der Waals surface area contributed by atoms with Crippen molar-refractivity contribution >= 4 is 10.0 Å². The van der Waals surface area contributed by atoms with Gasteiger partial charge in [-0.1, -0.05) is 24.3 Å². The SMILES string of the molecule is CC(C)NS(=O)(=O)Cc1ccc(CN)cc1. The molecule has 0 amide bonds. The van der Waals surface area contributed by atoms with Gasteiger partial charge in [0.25, 0.3) is 0 Å². The monoisotopic (exact) mass is 242 g/mol. The van der Waals surface area contributed by atoms with Gasteiger partial charge >= 0.3 is 0 Å². The van der Waals surface area contributed by atoms with Crippen molar-refractivity contribution in [3.63, 3.8) is 0 Å². The molecular weight excluding hydrogens is 224 g/mol. The van der Waals surface area contributed by atoms with Crippen molar-refractivity contribution in [3.8, 4) is 0 Å². The van der Waals surface area contributed by atoms with E-state index in [0.717, 1.165) is 11.1 Å². The van der Waals surface area contributed by atoms with Crippen LogP contribution in [0, 0.1) is 0 Å². The summed E-state index contributed by atoms with van der Waals surface area (Å²) in [6.07, 6.45) is 0. The summed E-state index contributed by atoms with van der Waals surface area (Å²) in [7, 11) is -3.23. The van der Waals surface area contributed by atoms with Gasteiger partial charge in [0, 0.05) is 12.6 Å². The number of hydrogen-bond acceptors (Lipinski definition) is 3. The lowest BCUT2D eigenvalue weighted by molar-refractivity contribution is 0.569. The molecule has 0 bridgehead atoms. The number of rotatable bonds is 5. The topological polar surface area (TPSA) is 72.2 Å². The highest BCUT2D eigenvalue weighted by atomic mass is 32.2. The fourth-order valence-electron chi connectivity index (χ4n) is 1.39. The molecule has 0 saturated carbocycles. The van der Waals surface area contributed by atoms with E-state index in [0.29, 0.717) is 6.54 Å². The summed E-state index contributed by atoms with van der Waals surface area (Å²) >= 11 is 0. The molecule has 90 valence electrons. The second kappa shape index (κ2) is 5.43. The molecule has 1 aromatic rings. The lowest BCUT2D eigenvalue weighted by atomic mass is 10.1. The van der Waals surface area contributed by atoms with Crippen LogP contribution in [0.2, 0.25) is 0 Å². The Kier molecular flexibility index (Phi) is 4.46. The molecule has 0 aromatic heterocycles. The molecule has 4 nitrogen and oxygen atoms in total. The molecule has 1 aromatic carbocycles. The van der Waals surface area contributed by atoms with Gasteiger partial charge < -0.3 is 5.73 Å². The third-order valence-electron chi connectivity index (χ3n) is 2.03. The van der Waals surface area contributed by atoms with E-state index in [4.69, 9.17) is 5.73 Å². The van der Waals surface area contributed by atoms with E-state index in [2.05, 4.69) is 4.72 Å². The minimum absolute atomic E-state index is 0.00995. The summed E-state index contributed by atoms with van der Waals surface area (Å²) in [5.74, 6) is 0.00995. The van der Waals surface area contributed by atoms with Gasteiger partial charge in [0.05, 0.1) is 5.75 Å². The Hall–Kier alpha value is -0.910. The highest BCUT2D eigenvalue weighted by Crippen LogP contribution is 2.07. The molecule has 0 heterocycles. The fourth-order valence-corrected chi connectivity index (χ4v) is 2.82. The molecule has 0 atom stereocenters. The third kappa shape index (κ3) is 4.30. The van der Waals surface area contributed by atoms with Crippen LogP contribution in [0.5, 0.6) is 0 Å². The van der Waals surface area contributed by atoms with E-state index >= 15 is 0 Å². The highest BCUT2D eigenvalue weighted by Gasteiger charge is 2.12. The maximum atomic E-state index is 11.6. The molecule has 0 saturated heterocycles. The van der Waals surface area contributed by atoms with Gasteiger partial charge in [-0.15, -0.1) is 0 Å². The summed E-state index contributed by atoms with van der Waals surface area (Å²) in [5.41, 5.74) is 7.23. The third-order valence-corrected chi connectivity index (χ3v) is 3.57. The molecular formula is C11H18N2O2S. The van der Waals surface area contributed by atoms with Crippen molar-refractivity contribution in [1.29, 1.82) is 0 Å². The van der Waals surface area contributed by atoms with Gasteiger partial charge in [0.15, 0.2) is 0 Å². The standard InChI is InChI=1S/C11H18N2O2S/c1-9(2)13-16(14,15)8-11-5-3-10(7-12)4-6-11/h3-6,9,13H,7-8,12H2,1-2H3. The van der Waals surface area contributed by atoms with Crippen LogP contribution in [-0.2, 0) is 22.3 Å². The quantitative estimate of drug-likeness (QED) is 0.808. The summed E-state index contributed by atoms with van der Waals surface area (Å²) < 4.78 is 25.8. The molecule has 0 fully saturated rings. The van der Waals surface area contributed by atoms with Crippen LogP contribution in [0.4, 0.5) is 0 Å². The second-order valence-electron chi connectivity index (χ2n) is 4.05. The lowest BCUT2D eigenvalue weighted by Crippen LogP contribution is -2.31. The zero-order valence-electron chi connectivity index (χ0n) is 9.60. The van der Waals surface area contributed by atoms with Crippen molar-refractivity contribution in [3.05, 3.63) is 35.4 Å². The summed E-state index contributed by atoms with van der Waals surface area (Å²) in [5, 5.41) is 0. The second-order valence-corrected chi connectivity index (χ2v) is 5.81.